The SMILES string of the molecule is CCCNC(Cc1cc(C)nn1C)c1ccc(Cl)c(Cl)c1. The van der Waals surface area contributed by atoms with E-state index in [0.29, 0.717) is 10.0 Å². The number of halogens is 2. The molecule has 0 spiro atoms. The van der Waals surface area contributed by atoms with E-state index < -0.39 is 0 Å². The van der Waals surface area contributed by atoms with Crippen LogP contribution in [0.3, 0.4) is 0 Å². The summed E-state index contributed by atoms with van der Waals surface area (Å²) in [6.07, 6.45) is 1.96. The summed E-state index contributed by atoms with van der Waals surface area (Å²) >= 11 is 12.2. The maximum absolute atomic E-state index is 6.15. The van der Waals surface area contributed by atoms with Crippen molar-refractivity contribution >= 4 is 23.2 Å². The molecule has 0 fully saturated rings. The highest BCUT2D eigenvalue weighted by Crippen LogP contribution is 2.27. The van der Waals surface area contributed by atoms with Gasteiger partial charge in [-0.2, -0.15) is 5.10 Å². The number of aromatic nitrogens is 2. The van der Waals surface area contributed by atoms with Crippen LogP contribution in [-0.4, -0.2) is 16.3 Å². The molecule has 1 aromatic heterocycles. The summed E-state index contributed by atoms with van der Waals surface area (Å²) in [5, 5.41) is 9.17. The predicted octanol–water partition coefficient (Wildman–Crippen LogP) is 4.32. The van der Waals surface area contributed by atoms with Crippen LogP contribution in [0.25, 0.3) is 0 Å². The van der Waals surface area contributed by atoms with Crippen molar-refractivity contribution in [1.29, 1.82) is 0 Å². The van der Waals surface area contributed by atoms with Gasteiger partial charge in [0, 0.05) is 25.2 Å². The molecule has 0 saturated carbocycles. The number of hydrogen-bond acceptors (Lipinski definition) is 2. The van der Waals surface area contributed by atoms with E-state index in [2.05, 4.69) is 23.4 Å². The van der Waals surface area contributed by atoms with Gasteiger partial charge in [0.2, 0.25) is 0 Å². The van der Waals surface area contributed by atoms with Crippen molar-refractivity contribution < 1.29 is 0 Å². The molecule has 0 aliphatic rings. The molecule has 0 amide bonds. The van der Waals surface area contributed by atoms with Crippen LogP contribution in [0.15, 0.2) is 24.3 Å². The number of nitrogens with zero attached hydrogens (tertiary/aromatic N) is 2. The summed E-state index contributed by atoms with van der Waals surface area (Å²) in [7, 11) is 1.98. The summed E-state index contributed by atoms with van der Waals surface area (Å²) < 4.78 is 1.94. The van der Waals surface area contributed by atoms with Crippen LogP contribution in [0, 0.1) is 6.92 Å². The highest BCUT2D eigenvalue weighted by Gasteiger charge is 2.15. The van der Waals surface area contributed by atoms with Crippen LogP contribution in [0.5, 0.6) is 0 Å². The zero-order valence-electron chi connectivity index (χ0n) is 12.7. The molecule has 2 rings (SSSR count). The van der Waals surface area contributed by atoms with Crippen molar-refractivity contribution in [3.05, 3.63) is 51.3 Å². The Kier molecular flexibility index (Phi) is 5.68. The Hall–Kier alpha value is -1.03. The van der Waals surface area contributed by atoms with Gasteiger partial charge in [0.15, 0.2) is 0 Å². The van der Waals surface area contributed by atoms with E-state index in [9.17, 15) is 0 Å². The van der Waals surface area contributed by atoms with Crippen molar-refractivity contribution in [3.8, 4) is 0 Å². The first-order valence-corrected chi connectivity index (χ1v) is 7.94. The van der Waals surface area contributed by atoms with E-state index in [1.807, 2.05) is 36.9 Å². The zero-order chi connectivity index (χ0) is 15.4. The van der Waals surface area contributed by atoms with E-state index in [0.717, 1.165) is 30.6 Å². The van der Waals surface area contributed by atoms with Crippen LogP contribution in [-0.2, 0) is 13.5 Å². The van der Waals surface area contributed by atoms with E-state index >= 15 is 0 Å². The monoisotopic (exact) mass is 325 g/mol. The van der Waals surface area contributed by atoms with E-state index in [1.54, 1.807) is 0 Å². The van der Waals surface area contributed by atoms with E-state index in [4.69, 9.17) is 23.2 Å². The fourth-order valence-corrected chi connectivity index (χ4v) is 2.73. The second-order valence-corrected chi connectivity index (χ2v) is 6.10. The molecule has 114 valence electrons. The van der Waals surface area contributed by atoms with Crippen LogP contribution >= 0.6 is 23.2 Å². The smallest absolute Gasteiger partial charge is 0.0596 e. The van der Waals surface area contributed by atoms with E-state index in [-0.39, 0.29) is 6.04 Å². The van der Waals surface area contributed by atoms with Crippen LogP contribution in [0.4, 0.5) is 0 Å². The molecular weight excluding hydrogens is 305 g/mol. The fraction of sp³-hybridized carbons (Fsp3) is 0.438. The van der Waals surface area contributed by atoms with Crippen LogP contribution in [0.2, 0.25) is 10.0 Å². The first-order valence-electron chi connectivity index (χ1n) is 7.19. The lowest BCUT2D eigenvalue weighted by molar-refractivity contribution is 0.512. The van der Waals surface area contributed by atoms with Crippen molar-refractivity contribution in [3.63, 3.8) is 0 Å². The van der Waals surface area contributed by atoms with Gasteiger partial charge in [0.05, 0.1) is 15.7 Å². The summed E-state index contributed by atoms with van der Waals surface area (Å²) in [5.74, 6) is 0. The van der Waals surface area contributed by atoms with Gasteiger partial charge < -0.3 is 5.32 Å². The average molecular weight is 326 g/mol. The number of benzene rings is 1. The van der Waals surface area contributed by atoms with Gasteiger partial charge in [-0.05, 0) is 43.7 Å². The van der Waals surface area contributed by atoms with Crippen molar-refractivity contribution in [2.24, 2.45) is 7.05 Å². The zero-order valence-corrected chi connectivity index (χ0v) is 14.2. The number of hydrogen-bond donors (Lipinski definition) is 1. The molecular formula is C16H21Cl2N3. The normalized spacial score (nSPS) is 12.6. The topological polar surface area (TPSA) is 29.9 Å². The third-order valence-corrected chi connectivity index (χ3v) is 4.24. The molecule has 0 aliphatic carbocycles. The third-order valence-electron chi connectivity index (χ3n) is 3.50. The van der Waals surface area contributed by atoms with Crippen molar-refractivity contribution in [1.82, 2.24) is 15.1 Å². The van der Waals surface area contributed by atoms with Crippen LogP contribution < -0.4 is 5.32 Å². The van der Waals surface area contributed by atoms with Gasteiger partial charge in [0.25, 0.3) is 0 Å². The Morgan fingerprint density at radius 2 is 2.00 bits per heavy atom. The summed E-state index contributed by atoms with van der Waals surface area (Å²) in [6.45, 7) is 5.13. The standard InChI is InChI=1S/C16H21Cl2N3/c1-4-7-19-16(10-13-8-11(2)20-21(13)3)12-5-6-14(17)15(18)9-12/h5-6,8-9,16,19H,4,7,10H2,1-3H3. The number of rotatable bonds is 6. The lowest BCUT2D eigenvalue weighted by Crippen LogP contribution is -2.25. The van der Waals surface area contributed by atoms with Crippen molar-refractivity contribution in [2.75, 3.05) is 6.54 Å². The molecule has 0 saturated heterocycles. The molecule has 1 N–H and O–H groups in total. The lowest BCUT2D eigenvalue weighted by Gasteiger charge is -2.19. The summed E-state index contributed by atoms with van der Waals surface area (Å²) in [5.41, 5.74) is 3.39. The second-order valence-electron chi connectivity index (χ2n) is 5.29. The Labute approximate surface area is 136 Å². The fourth-order valence-electron chi connectivity index (χ4n) is 2.42. The van der Waals surface area contributed by atoms with Gasteiger partial charge in [-0.25, -0.2) is 0 Å². The van der Waals surface area contributed by atoms with Gasteiger partial charge >= 0.3 is 0 Å². The first kappa shape index (κ1) is 16.3. The van der Waals surface area contributed by atoms with Crippen LogP contribution in [0.1, 0.15) is 36.3 Å². The molecule has 1 heterocycles. The van der Waals surface area contributed by atoms with Crippen molar-refractivity contribution in [2.45, 2.75) is 32.7 Å². The number of nitrogens with one attached hydrogen (secondary N) is 1. The summed E-state index contributed by atoms with van der Waals surface area (Å²) in [4.78, 5) is 0. The Balaban J connectivity index is 2.24. The largest absolute Gasteiger partial charge is 0.310 e. The van der Waals surface area contributed by atoms with Gasteiger partial charge in [-0.3, -0.25) is 4.68 Å². The highest BCUT2D eigenvalue weighted by atomic mass is 35.5. The number of aryl methyl sites for hydroxylation is 2. The molecule has 0 radical (unpaired) electrons. The minimum Gasteiger partial charge on any atom is -0.310 e. The molecule has 1 aromatic carbocycles. The van der Waals surface area contributed by atoms with E-state index in [1.165, 1.54) is 5.69 Å². The maximum atomic E-state index is 6.15. The minimum absolute atomic E-state index is 0.203. The minimum atomic E-state index is 0.203. The second kappa shape index (κ2) is 7.30. The molecule has 5 heteroatoms. The lowest BCUT2D eigenvalue weighted by atomic mass is 10.0. The Morgan fingerprint density at radius 3 is 2.57 bits per heavy atom. The maximum Gasteiger partial charge on any atom is 0.0596 e. The average Bonchev–Trinajstić information content (AvgIpc) is 2.76. The Morgan fingerprint density at radius 1 is 1.24 bits per heavy atom. The van der Waals surface area contributed by atoms with Gasteiger partial charge in [0.1, 0.15) is 0 Å². The molecule has 0 aliphatic heterocycles. The molecule has 1 atom stereocenters. The molecule has 21 heavy (non-hydrogen) atoms. The molecule has 0 bridgehead atoms. The van der Waals surface area contributed by atoms with Gasteiger partial charge in [-0.1, -0.05) is 36.2 Å². The first-order chi connectivity index (χ1) is 10.0. The summed E-state index contributed by atoms with van der Waals surface area (Å²) in [6, 6.07) is 8.16. The van der Waals surface area contributed by atoms with Gasteiger partial charge in [-0.15, -0.1) is 0 Å². The molecule has 1 unspecified atom stereocenters. The predicted molar refractivity (Wildman–Crippen MR) is 89.1 cm³/mol. The third kappa shape index (κ3) is 4.22. The quantitative estimate of drug-likeness (QED) is 0.857. The molecule has 3 nitrogen and oxygen atoms in total. The molecule has 2 aromatic rings. The highest BCUT2D eigenvalue weighted by molar-refractivity contribution is 6.42. The Bertz CT molecular complexity index is 608.